The normalized spacial score (nSPS) is 11.1. The van der Waals surface area contributed by atoms with Crippen molar-refractivity contribution in [3.8, 4) is 28.7 Å². The van der Waals surface area contributed by atoms with Crippen molar-refractivity contribution >= 4 is 23.1 Å². The van der Waals surface area contributed by atoms with Gasteiger partial charge in [-0.15, -0.1) is 0 Å². The summed E-state index contributed by atoms with van der Waals surface area (Å²) in [4.78, 5) is 4.77. The molecule has 0 aliphatic rings. The van der Waals surface area contributed by atoms with Crippen molar-refractivity contribution in [2.75, 3.05) is 14.2 Å². The van der Waals surface area contributed by atoms with E-state index in [1.165, 1.54) is 0 Å². The lowest BCUT2D eigenvalue weighted by atomic mass is 10.2. The Morgan fingerprint density at radius 2 is 1.89 bits per heavy atom. The smallest absolute Gasteiger partial charge is 0.200 e. The molecule has 0 saturated carbocycles. The number of nitrogens with one attached hydrogen (secondary N) is 1. The van der Waals surface area contributed by atoms with Gasteiger partial charge in [-0.3, -0.25) is 9.67 Å². The maximum atomic E-state index is 5.57. The first kappa shape index (κ1) is 18.2. The summed E-state index contributed by atoms with van der Waals surface area (Å²) < 4.78 is 15.5. The van der Waals surface area contributed by atoms with Crippen molar-refractivity contribution in [1.82, 2.24) is 24.3 Å². The minimum Gasteiger partial charge on any atom is -0.495 e. The molecule has 0 aliphatic heterocycles. The predicted octanol–water partition coefficient (Wildman–Crippen LogP) is 4.06. The second-order valence-corrected chi connectivity index (χ2v) is 6.79. The number of nitrogens with zero attached hydrogens (tertiary/aromatic N) is 4. The van der Waals surface area contributed by atoms with Gasteiger partial charge in [0.15, 0.2) is 22.0 Å². The second-order valence-electron chi connectivity index (χ2n) is 6.40. The summed E-state index contributed by atoms with van der Waals surface area (Å²) in [6, 6.07) is 10.1. The lowest BCUT2D eigenvalue weighted by molar-refractivity contribution is 0.388. The molecule has 4 aromatic rings. The van der Waals surface area contributed by atoms with Crippen molar-refractivity contribution in [2.45, 2.75) is 13.3 Å². The SMILES string of the molecule is CCc1nc(-c2n[nH]c(=S)n2-c2ccc3c(ccn3C)c2)c(OC)cc1OC. The van der Waals surface area contributed by atoms with Crippen LogP contribution in [0.3, 0.4) is 0 Å². The summed E-state index contributed by atoms with van der Waals surface area (Å²) in [6.45, 7) is 2.03. The van der Waals surface area contributed by atoms with E-state index >= 15 is 0 Å². The number of pyridine rings is 1. The number of hydrogen-bond donors (Lipinski definition) is 1. The lowest BCUT2D eigenvalue weighted by Gasteiger charge is -2.14. The molecule has 7 nitrogen and oxygen atoms in total. The zero-order valence-corrected chi connectivity index (χ0v) is 17.0. The molecule has 8 heteroatoms. The molecular formula is C20H21N5O2S. The summed E-state index contributed by atoms with van der Waals surface area (Å²) in [5, 5.41) is 8.46. The monoisotopic (exact) mass is 395 g/mol. The average molecular weight is 395 g/mol. The zero-order valence-electron chi connectivity index (χ0n) is 16.2. The van der Waals surface area contributed by atoms with E-state index in [1.54, 1.807) is 14.2 Å². The van der Waals surface area contributed by atoms with Gasteiger partial charge in [0.2, 0.25) is 0 Å². The Balaban J connectivity index is 1.94. The largest absolute Gasteiger partial charge is 0.495 e. The van der Waals surface area contributed by atoms with Crippen LogP contribution < -0.4 is 9.47 Å². The highest BCUT2D eigenvalue weighted by atomic mass is 32.1. The van der Waals surface area contributed by atoms with Crippen LogP contribution in [0.5, 0.6) is 11.5 Å². The highest BCUT2D eigenvalue weighted by Gasteiger charge is 2.20. The van der Waals surface area contributed by atoms with Crippen molar-refractivity contribution < 1.29 is 9.47 Å². The molecule has 0 unspecified atom stereocenters. The summed E-state index contributed by atoms with van der Waals surface area (Å²) in [7, 11) is 5.25. The van der Waals surface area contributed by atoms with Gasteiger partial charge in [0.25, 0.3) is 0 Å². The molecule has 0 atom stereocenters. The molecule has 0 bridgehead atoms. The van der Waals surface area contributed by atoms with Gasteiger partial charge in [-0.25, -0.2) is 4.98 Å². The number of hydrogen-bond acceptors (Lipinski definition) is 5. The molecule has 1 N–H and O–H groups in total. The molecule has 0 fully saturated rings. The maximum absolute atomic E-state index is 5.57. The Morgan fingerprint density at radius 1 is 1.11 bits per heavy atom. The Hall–Kier alpha value is -3.13. The van der Waals surface area contributed by atoms with Gasteiger partial charge in [0.05, 0.1) is 25.6 Å². The van der Waals surface area contributed by atoms with Crippen LogP contribution in [0.25, 0.3) is 28.1 Å². The fourth-order valence-corrected chi connectivity index (χ4v) is 3.60. The number of aromatic amines is 1. The summed E-state index contributed by atoms with van der Waals surface area (Å²) in [5.74, 6) is 1.86. The predicted molar refractivity (Wildman–Crippen MR) is 111 cm³/mol. The van der Waals surface area contributed by atoms with Crippen LogP contribution in [0.1, 0.15) is 12.6 Å². The highest BCUT2D eigenvalue weighted by Crippen LogP contribution is 2.34. The van der Waals surface area contributed by atoms with Crippen LogP contribution in [0.4, 0.5) is 0 Å². The maximum Gasteiger partial charge on any atom is 0.200 e. The molecule has 0 saturated heterocycles. The Kier molecular flexibility index (Phi) is 4.64. The van der Waals surface area contributed by atoms with E-state index in [0.29, 0.717) is 27.8 Å². The van der Waals surface area contributed by atoms with Gasteiger partial charge in [0.1, 0.15) is 5.75 Å². The molecule has 3 aromatic heterocycles. The minimum atomic E-state index is 0.489. The first-order valence-corrected chi connectivity index (χ1v) is 9.33. The van der Waals surface area contributed by atoms with E-state index in [-0.39, 0.29) is 0 Å². The van der Waals surface area contributed by atoms with Gasteiger partial charge < -0.3 is 14.0 Å². The first-order chi connectivity index (χ1) is 13.6. The number of benzene rings is 1. The second kappa shape index (κ2) is 7.12. The number of rotatable bonds is 5. The summed E-state index contributed by atoms with van der Waals surface area (Å²) >= 11 is 5.52. The Labute approximate surface area is 167 Å². The van der Waals surface area contributed by atoms with E-state index in [0.717, 1.165) is 28.7 Å². The molecule has 3 heterocycles. The van der Waals surface area contributed by atoms with Gasteiger partial charge in [0, 0.05) is 30.2 Å². The zero-order chi connectivity index (χ0) is 19.8. The number of fused-ring (bicyclic) bond motifs is 1. The Bertz CT molecular complexity index is 1220. The Morgan fingerprint density at radius 3 is 2.61 bits per heavy atom. The molecule has 1 aromatic carbocycles. The van der Waals surface area contributed by atoms with Crippen molar-refractivity contribution in [3.63, 3.8) is 0 Å². The molecule has 4 rings (SSSR count). The lowest BCUT2D eigenvalue weighted by Crippen LogP contribution is -2.04. The molecule has 0 spiro atoms. The third-order valence-electron chi connectivity index (χ3n) is 4.81. The van der Waals surface area contributed by atoms with Crippen LogP contribution >= 0.6 is 12.2 Å². The fourth-order valence-electron chi connectivity index (χ4n) is 3.37. The molecule has 0 aliphatic carbocycles. The van der Waals surface area contributed by atoms with E-state index in [9.17, 15) is 0 Å². The van der Waals surface area contributed by atoms with E-state index in [2.05, 4.69) is 33.0 Å². The van der Waals surface area contributed by atoms with Crippen LogP contribution in [-0.4, -0.2) is 38.5 Å². The molecule has 0 radical (unpaired) electrons. The van der Waals surface area contributed by atoms with Crippen LogP contribution in [0.15, 0.2) is 36.5 Å². The quantitative estimate of drug-likeness (QED) is 0.516. The third-order valence-corrected chi connectivity index (χ3v) is 5.09. The van der Waals surface area contributed by atoms with Gasteiger partial charge in [-0.05, 0) is 42.9 Å². The number of aromatic nitrogens is 5. The average Bonchev–Trinajstić information content (AvgIpc) is 3.29. The first-order valence-electron chi connectivity index (χ1n) is 8.92. The number of H-pyrrole nitrogens is 1. The van der Waals surface area contributed by atoms with Gasteiger partial charge in [-0.2, -0.15) is 5.10 Å². The van der Waals surface area contributed by atoms with Gasteiger partial charge >= 0.3 is 0 Å². The fraction of sp³-hybridized carbons (Fsp3) is 0.250. The molecule has 144 valence electrons. The van der Waals surface area contributed by atoms with E-state index in [1.807, 2.05) is 36.9 Å². The van der Waals surface area contributed by atoms with Crippen LogP contribution in [0, 0.1) is 4.77 Å². The van der Waals surface area contributed by atoms with Crippen molar-refractivity contribution in [1.29, 1.82) is 0 Å². The van der Waals surface area contributed by atoms with E-state index < -0.39 is 0 Å². The van der Waals surface area contributed by atoms with Crippen molar-refractivity contribution in [3.05, 3.63) is 47.0 Å². The standard InChI is InChI=1S/C20H21N5O2S/c1-5-14-16(26-3)11-17(27-4)18(21-14)19-22-23-20(28)25(19)13-6-7-15-12(10-13)8-9-24(15)2/h6-11H,5H2,1-4H3,(H,23,28). The molecule has 0 amide bonds. The number of aryl methyl sites for hydroxylation is 2. The minimum absolute atomic E-state index is 0.489. The summed E-state index contributed by atoms with van der Waals surface area (Å²) in [5.41, 5.74) is 3.50. The van der Waals surface area contributed by atoms with E-state index in [4.69, 9.17) is 26.7 Å². The van der Waals surface area contributed by atoms with Crippen LogP contribution in [0.2, 0.25) is 0 Å². The van der Waals surface area contributed by atoms with Crippen LogP contribution in [-0.2, 0) is 13.5 Å². The highest BCUT2D eigenvalue weighted by molar-refractivity contribution is 7.71. The molecule has 28 heavy (non-hydrogen) atoms. The molecular weight excluding hydrogens is 374 g/mol. The number of methoxy groups -OCH3 is 2. The third kappa shape index (κ3) is 2.86. The van der Waals surface area contributed by atoms with Gasteiger partial charge in [-0.1, -0.05) is 6.92 Å². The number of ether oxygens (including phenoxy) is 2. The topological polar surface area (TPSA) is 69.9 Å². The van der Waals surface area contributed by atoms with Crippen molar-refractivity contribution in [2.24, 2.45) is 7.05 Å². The summed E-state index contributed by atoms with van der Waals surface area (Å²) in [6.07, 6.45) is 2.76.